The molecule has 1 aliphatic rings. The molecule has 3 heterocycles. The average molecular weight is 671 g/mol. The number of nitrogens with zero attached hydrogens (tertiary/aromatic N) is 6. The highest BCUT2D eigenvalue weighted by Gasteiger charge is 2.41. The Hall–Kier alpha value is -4.37. The maximum atomic E-state index is 13.7. The molecule has 1 fully saturated rings. The molecule has 10 nitrogen and oxygen atoms in total. The summed E-state index contributed by atoms with van der Waals surface area (Å²) in [6.07, 6.45) is -2.73. The lowest BCUT2D eigenvalue weighted by atomic mass is 9.87. The van der Waals surface area contributed by atoms with Crippen LogP contribution in [0.15, 0.2) is 43.0 Å². The third kappa shape index (κ3) is 8.92. The van der Waals surface area contributed by atoms with Crippen LogP contribution in [0.5, 0.6) is 0 Å². The second kappa shape index (κ2) is 14.6. The van der Waals surface area contributed by atoms with Crippen LogP contribution in [0, 0.1) is 0 Å². The predicted octanol–water partition coefficient (Wildman–Crippen LogP) is 6.94. The van der Waals surface area contributed by atoms with Crippen molar-refractivity contribution < 1.29 is 45.8 Å². The summed E-state index contributed by atoms with van der Waals surface area (Å²) < 4.78 is 89.4. The smallest absolute Gasteiger partial charge is 0.416 e. The zero-order valence-corrected chi connectivity index (χ0v) is 26.1. The van der Waals surface area contributed by atoms with Crippen molar-refractivity contribution >= 4 is 18.0 Å². The second-order valence-corrected chi connectivity index (χ2v) is 11.5. The highest BCUT2D eigenvalue weighted by Crippen LogP contribution is 2.38. The quantitative estimate of drug-likeness (QED) is 0.172. The fourth-order valence-electron chi connectivity index (χ4n) is 5.85. The molecule has 0 bridgehead atoms. The molecule has 3 aromatic rings. The van der Waals surface area contributed by atoms with Crippen LogP contribution in [0.2, 0.25) is 0 Å². The molecule has 1 aliphatic heterocycles. The molecule has 16 heteroatoms. The van der Waals surface area contributed by atoms with Gasteiger partial charge in [0.15, 0.2) is 0 Å². The highest BCUT2D eigenvalue weighted by atomic mass is 19.4. The van der Waals surface area contributed by atoms with Crippen LogP contribution in [0.3, 0.4) is 0 Å². The van der Waals surface area contributed by atoms with Crippen molar-refractivity contribution in [3.05, 3.63) is 59.7 Å². The first-order valence-electron chi connectivity index (χ1n) is 15.1. The number of carbonyl (C=O) groups excluding carboxylic acids is 1. The summed E-state index contributed by atoms with van der Waals surface area (Å²) in [4.78, 5) is 36.2. The molecule has 256 valence electrons. The van der Waals surface area contributed by atoms with Gasteiger partial charge in [-0.15, -0.1) is 0 Å². The van der Waals surface area contributed by atoms with Gasteiger partial charge in [-0.05, 0) is 55.9 Å². The van der Waals surface area contributed by atoms with Crippen LogP contribution in [-0.2, 0) is 35.5 Å². The number of rotatable bonds is 11. The molecule has 0 unspecified atom stereocenters. The molecule has 0 aliphatic carbocycles. The Bertz CT molecular complexity index is 1480. The van der Waals surface area contributed by atoms with Crippen LogP contribution < -0.4 is 4.90 Å². The summed E-state index contributed by atoms with van der Waals surface area (Å²) in [6, 6.07) is 0.224. The number of alkyl halides is 6. The molecule has 2 aromatic heterocycles. The Morgan fingerprint density at radius 2 is 1.51 bits per heavy atom. The number of halogens is 6. The normalized spacial score (nSPS) is 18.7. The third-order valence-electron chi connectivity index (χ3n) is 8.16. The summed E-state index contributed by atoms with van der Waals surface area (Å²) in [7, 11) is 1.73. The second-order valence-electron chi connectivity index (χ2n) is 11.5. The minimum atomic E-state index is -5.01. The maximum Gasteiger partial charge on any atom is 0.416 e. The van der Waals surface area contributed by atoms with Gasteiger partial charge in [-0.25, -0.2) is 14.8 Å². The van der Waals surface area contributed by atoms with Gasteiger partial charge in [0.25, 0.3) is 0 Å². The van der Waals surface area contributed by atoms with E-state index in [2.05, 4.69) is 15.1 Å². The molecular formula is C31H36F6N6O4. The van der Waals surface area contributed by atoms with E-state index >= 15 is 0 Å². The van der Waals surface area contributed by atoms with Crippen molar-refractivity contribution in [3.63, 3.8) is 0 Å². The monoisotopic (exact) mass is 670 g/mol. The number of ether oxygens (including phenoxy) is 1. The number of aromatic nitrogens is 4. The zero-order chi connectivity index (χ0) is 34.5. The van der Waals surface area contributed by atoms with Gasteiger partial charge in [0, 0.05) is 67.9 Å². The van der Waals surface area contributed by atoms with E-state index in [1.165, 1.54) is 12.4 Å². The fourth-order valence-corrected chi connectivity index (χ4v) is 5.85. The number of aryl methyl sites for hydroxylation is 1. The van der Waals surface area contributed by atoms with Crippen LogP contribution in [-0.4, -0.2) is 66.5 Å². The molecule has 0 radical (unpaired) electrons. The lowest BCUT2D eigenvalue weighted by molar-refractivity contribution is -0.143. The molecule has 0 saturated carbocycles. The fraction of sp³-hybridized carbons (Fsp3) is 0.516. The van der Waals surface area contributed by atoms with Crippen LogP contribution in [0.25, 0.3) is 11.1 Å². The molecule has 1 saturated heterocycles. The molecule has 47 heavy (non-hydrogen) atoms. The van der Waals surface area contributed by atoms with E-state index in [4.69, 9.17) is 9.84 Å². The number of anilines is 1. The zero-order valence-electron chi connectivity index (χ0n) is 26.1. The van der Waals surface area contributed by atoms with Crippen molar-refractivity contribution in [1.82, 2.24) is 24.6 Å². The summed E-state index contributed by atoms with van der Waals surface area (Å²) in [5, 5.41) is 13.0. The lowest BCUT2D eigenvalue weighted by Gasteiger charge is -2.47. The van der Waals surface area contributed by atoms with E-state index in [0.717, 1.165) is 0 Å². The van der Waals surface area contributed by atoms with Gasteiger partial charge in [-0.1, -0.05) is 13.8 Å². The first-order valence-corrected chi connectivity index (χ1v) is 15.1. The van der Waals surface area contributed by atoms with Gasteiger partial charge in [0.2, 0.25) is 5.95 Å². The van der Waals surface area contributed by atoms with Gasteiger partial charge >= 0.3 is 24.4 Å². The minimum absolute atomic E-state index is 0.0851. The number of benzene rings is 1. The topological polar surface area (TPSA) is 114 Å². The molecule has 1 aromatic carbocycles. The molecule has 1 N–H and O–H groups in total. The number of piperidine rings is 1. The number of carboxylic acid groups (broad SMARTS) is 1. The first-order chi connectivity index (χ1) is 22.1. The van der Waals surface area contributed by atoms with Crippen molar-refractivity contribution in [2.75, 3.05) is 11.5 Å². The Labute approximate surface area is 267 Å². The van der Waals surface area contributed by atoms with Gasteiger partial charge < -0.3 is 19.6 Å². The Morgan fingerprint density at radius 3 is 1.98 bits per heavy atom. The number of amides is 1. The van der Waals surface area contributed by atoms with Crippen LogP contribution in [0.1, 0.15) is 69.1 Å². The number of likely N-dealkylation sites (tertiary alicyclic amines) is 1. The van der Waals surface area contributed by atoms with Gasteiger partial charge in [-0.2, -0.15) is 31.4 Å². The van der Waals surface area contributed by atoms with Crippen molar-refractivity contribution in [2.45, 2.75) is 89.4 Å². The predicted molar refractivity (Wildman–Crippen MR) is 158 cm³/mol. The van der Waals surface area contributed by atoms with Gasteiger partial charge in [0.1, 0.15) is 0 Å². The van der Waals surface area contributed by atoms with E-state index in [1.807, 2.05) is 13.8 Å². The number of carbonyl (C=O) groups is 2. The van der Waals surface area contributed by atoms with E-state index in [0.29, 0.717) is 48.9 Å². The van der Waals surface area contributed by atoms with E-state index in [-0.39, 0.29) is 43.6 Å². The molecule has 0 spiro atoms. The van der Waals surface area contributed by atoms with E-state index < -0.39 is 53.7 Å². The molecular weight excluding hydrogens is 634 g/mol. The summed E-state index contributed by atoms with van der Waals surface area (Å²) >= 11 is 0. The number of carboxylic acids is 1. The average Bonchev–Trinajstić information content (AvgIpc) is 3.46. The Kier molecular flexibility index (Phi) is 11.0. The Balaban J connectivity index is 1.70. The van der Waals surface area contributed by atoms with E-state index in [9.17, 15) is 35.9 Å². The standard InChI is InChI=1S/C31H36F6N6O4/c1-4-24-12-26(13-25(5-2)43(24)29(46)47-8-6-7-27(44)45)42(28-38-14-20(15-39-28)21-16-40-41(3)18-21)17-19-9-22(30(32,33)34)11-23(10-19)31(35,36)37/h9-11,14-16,18,24-26H,4-8,12-13,17H2,1-3H3,(H,44,45)/t24-,25+,26+. The SMILES string of the molecule is CC[C@@H]1C[C@H](N(Cc2cc(C(F)(F)F)cc(C(F)(F)F)c2)c2ncc(-c3cnn(C)c3)cn2)C[C@H](CC)N1C(=O)OCCCC(=O)O. The molecule has 4 rings (SSSR count). The minimum Gasteiger partial charge on any atom is -0.481 e. The molecule has 3 atom stereocenters. The van der Waals surface area contributed by atoms with Gasteiger partial charge in [0.05, 0.1) is 23.9 Å². The number of hydrogen-bond acceptors (Lipinski definition) is 7. The maximum absolute atomic E-state index is 13.7. The van der Waals surface area contributed by atoms with Gasteiger partial charge in [-0.3, -0.25) is 9.48 Å². The first kappa shape index (κ1) is 35.5. The van der Waals surface area contributed by atoms with Crippen molar-refractivity contribution in [2.24, 2.45) is 7.05 Å². The van der Waals surface area contributed by atoms with Crippen molar-refractivity contribution in [1.29, 1.82) is 0 Å². The summed E-state index contributed by atoms with van der Waals surface area (Å²) in [6.45, 7) is 3.27. The number of hydrogen-bond donors (Lipinski definition) is 1. The van der Waals surface area contributed by atoms with Crippen LogP contribution in [0.4, 0.5) is 37.1 Å². The lowest BCUT2D eigenvalue weighted by Crippen LogP contribution is -2.57. The third-order valence-corrected chi connectivity index (χ3v) is 8.16. The van der Waals surface area contributed by atoms with Crippen LogP contribution >= 0.6 is 0 Å². The van der Waals surface area contributed by atoms with E-state index in [1.54, 1.807) is 33.9 Å². The summed E-state index contributed by atoms with van der Waals surface area (Å²) in [5.74, 6) is -0.915. The number of aliphatic carboxylic acids is 1. The van der Waals surface area contributed by atoms with Crippen molar-refractivity contribution in [3.8, 4) is 11.1 Å². The molecule has 1 amide bonds. The highest BCUT2D eigenvalue weighted by molar-refractivity contribution is 5.69. The summed E-state index contributed by atoms with van der Waals surface area (Å²) in [5.41, 5.74) is -1.75. The largest absolute Gasteiger partial charge is 0.481 e. The Morgan fingerprint density at radius 1 is 0.936 bits per heavy atom.